The zero-order valence-corrected chi connectivity index (χ0v) is 11.2. The molecule has 0 saturated carbocycles. The first-order valence-corrected chi connectivity index (χ1v) is 6.55. The van der Waals surface area contributed by atoms with E-state index < -0.39 is 5.97 Å². The quantitative estimate of drug-likeness (QED) is 0.634. The van der Waals surface area contributed by atoms with Crippen molar-refractivity contribution >= 4 is 23.7 Å². The number of esters is 1. The lowest BCUT2D eigenvalue weighted by molar-refractivity contribution is -0.142. The van der Waals surface area contributed by atoms with Crippen LogP contribution in [0.1, 0.15) is 19.4 Å². The number of aliphatic carboxylic acids is 1. The van der Waals surface area contributed by atoms with E-state index in [4.69, 9.17) is 9.84 Å². The summed E-state index contributed by atoms with van der Waals surface area (Å²) in [6, 6.07) is 7.15. The molecule has 4 nitrogen and oxygen atoms in total. The molecule has 1 atom stereocenters. The van der Waals surface area contributed by atoms with Crippen molar-refractivity contribution in [3.05, 3.63) is 29.8 Å². The van der Waals surface area contributed by atoms with Gasteiger partial charge in [0.1, 0.15) is 5.25 Å². The molecule has 0 bridgehead atoms. The fourth-order valence-corrected chi connectivity index (χ4v) is 2.24. The second kappa shape index (κ2) is 7.06. The van der Waals surface area contributed by atoms with Crippen LogP contribution in [0.15, 0.2) is 29.2 Å². The Balaban J connectivity index is 2.58. The minimum absolute atomic E-state index is 0.0123. The molecule has 0 amide bonds. The molecule has 0 aliphatic rings. The van der Waals surface area contributed by atoms with Crippen molar-refractivity contribution in [3.63, 3.8) is 0 Å². The van der Waals surface area contributed by atoms with Crippen LogP contribution in [0.4, 0.5) is 0 Å². The molecule has 0 radical (unpaired) electrons. The maximum absolute atomic E-state index is 11.4. The summed E-state index contributed by atoms with van der Waals surface area (Å²) in [6.45, 7) is 3.94. The Morgan fingerprint density at radius 3 is 2.44 bits per heavy atom. The minimum atomic E-state index is -0.852. The zero-order chi connectivity index (χ0) is 13.5. The number of thioether (sulfide) groups is 1. The van der Waals surface area contributed by atoms with Crippen molar-refractivity contribution in [2.75, 3.05) is 6.61 Å². The van der Waals surface area contributed by atoms with E-state index in [1.165, 1.54) is 11.8 Å². The van der Waals surface area contributed by atoms with Crippen LogP contribution in [0, 0.1) is 0 Å². The van der Waals surface area contributed by atoms with Crippen molar-refractivity contribution in [2.24, 2.45) is 0 Å². The topological polar surface area (TPSA) is 63.6 Å². The molecule has 5 heteroatoms. The summed E-state index contributed by atoms with van der Waals surface area (Å²) in [6.07, 6.45) is 0.0123. The fraction of sp³-hybridized carbons (Fsp3) is 0.385. The highest BCUT2D eigenvalue weighted by molar-refractivity contribution is 8.00. The Morgan fingerprint density at radius 2 is 1.94 bits per heavy atom. The highest BCUT2D eigenvalue weighted by Gasteiger charge is 2.15. The summed E-state index contributed by atoms with van der Waals surface area (Å²) in [7, 11) is 0. The zero-order valence-electron chi connectivity index (χ0n) is 10.4. The normalized spacial score (nSPS) is 11.9. The maximum atomic E-state index is 11.4. The van der Waals surface area contributed by atoms with Gasteiger partial charge in [-0.2, -0.15) is 0 Å². The van der Waals surface area contributed by atoms with Gasteiger partial charge in [-0.15, -0.1) is 11.8 Å². The molecule has 0 saturated heterocycles. The van der Waals surface area contributed by atoms with Gasteiger partial charge in [0.25, 0.3) is 0 Å². The fourth-order valence-electron chi connectivity index (χ4n) is 1.37. The third-order valence-electron chi connectivity index (χ3n) is 2.21. The molecule has 1 unspecified atom stereocenters. The van der Waals surface area contributed by atoms with Gasteiger partial charge in [-0.05, 0) is 31.5 Å². The summed E-state index contributed by atoms with van der Waals surface area (Å²) in [5, 5.41) is 8.38. The number of ether oxygens (including phenoxy) is 1. The Kier molecular flexibility index (Phi) is 5.71. The molecule has 98 valence electrons. The number of hydrogen-bond acceptors (Lipinski definition) is 4. The number of rotatable bonds is 6. The van der Waals surface area contributed by atoms with Gasteiger partial charge in [-0.25, -0.2) is 0 Å². The van der Waals surface area contributed by atoms with E-state index in [9.17, 15) is 9.59 Å². The molecule has 1 rings (SSSR count). The van der Waals surface area contributed by atoms with Crippen LogP contribution < -0.4 is 0 Å². The molecule has 0 fully saturated rings. The SMILES string of the molecule is CCOC(=O)C(C)Sc1ccc(CC(=O)O)cc1. The van der Waals surface area contributed by atoms with Crippen LogP contribution in [-0.2, 0) is 20.7 Å². The molecular formula is C13H16O4S. The molecule has 1 aromatic carbocycles. The van der Waals surface area contributed by atoms with Crippen molar-refractivity contribution < 1.29 is 19.4 Å². The lowest BCUT2D eigenvalue weighted by Gasteiger charge is -2.10. The predicted octanol–water partition coefficient (Wildman–Crippen LogP) is 2.36. The Hall–Kier alpha value is -1.49. The van der Waals surface area contributed by atoms with E-state index in [2.05, 4.69) is 0 Å². The molecule has 1 N–H and O–H groups in total. The smallest absolute Gasteiger partial charge is 0.319 e. The van der Waals surface area contributed by atoms with E-state index in [1.807, 2.05) is 12.1 Å². The Morgan fingerprint density at radius 1 is 1.33 bits per heavy atom. The van der Waals surface area contributed by atoms with Crippen LogP contribution in [0.3, 0.4) is 0 Å². The number of carboxylic acids is 1. The van der Waals surface area contributed by atoms with Gasteiger partial charge in [-0.3, -0.25) is 9.59 Å². The van der Waals surface area contributed by atoms with Gasteiger partial charge in [0, 0.05) is 4.90 Å². The largest absolute Gasteiger partial charge is 0.481 e. The van der Waals surface area contributed by atoms with E-state index in [0.29, 0.717) is 6.61 Å². The van der Waals surface area contributed by atoms with Gasteiger partial charge in [0.05, 0.1) is 13.0 Å². The van der Waals surface area contributed by atoms with Gasteiger partial charge in [0.15, 0.2) is 0 Å². The third kappa shape index (κ3) is 4.79. The average Bonchev–Trinajstić information content (AvgIpc) is 2.31. The highest BCUT2D eigenvalue weighted by atomic mass is 32.2. The van der Waals surface area contributed by atoms with Crippen LogP contribution >= 0.6 is 11.8 Å². The lowest BCUT2D eigenvalue weighted by Crippen LogP contribution is -2.16. The number of carbonyl (C=O) groups is 2. The van der Waals surface area contributed by atoms with Crippen LogP contribution in [0.2, 0.25) is 0 Å². The van der Waals surface area contributed by atoms with Crippen LogP contribution in [0.25, 0.3) is 0 Å². The van der Waals surface area contributed by atoms with Crippen molar-refractivity contribution in [1.82, 2.24) is 0 Å². The third-order valence-corrected chi connectivity index (χ3v) is 3.30. The Labute approximate surface area is 110 Å². The Bertz CT molecular complexity index is 414. The van der Waals surface area contributed by atoms with Gasteiger partial charge in [0.2, 0.25) is 0 Å². The van der Waals surface area contributed by atoms with Crippen LogP contribution in [0.5, 0.6) is 0 Å². The first-order valence-electron chi connectivity index (χ1n) is 5.67. The van der Waals surface area contributed by atoms with Gasteiger partial charge < -0.3 is 9.84 Å². The lowest BCUT2D eigenvalue weighted by atomic mass is 10.2. The minimum Gasteiger partial charge on any atom is -0.481 e. The van der Waals surface area contributed by atoms with Crippen molar-refractivity contribution in [2.45, 2.75) is 30.4 Å². The van der Waals surface area contributed by atoms with E-state index in [-0.39, 0.29) is 17.6 Å². The summed E-state index contributed by atoms with van der Waals surface area (Å²) in [4.78, 5) is 22.9. The standard InChI is InChI=1S/C13H16O4S/c1-3-17-13(16)9(2)18-11-6-4-10(5-7-11)8-12(14)15/h4-7,9H,3,8H2,1-2H3,(H,14,15). The van der Waals surface area contributed by atoms with Crippen molar-refractivity contribution in [1.29, 1.82) is 0 Å². The molecule has 0 aliphatic heterocycles. The molecule has 0 aliphatic carbocycles. The maximum Gasteiger partial charge on any atom is 0.319 e. The molecule has 0 heterocycles. The van der Waals surface area contributed by atoms with Gasteiger partial charge in [-0.1, -0.05) is 12.1 Å². The molecule has 1 aromatic rings. The second-order valence-electron chi connectivity index (χ2n) is 3.73. The summed E-state index contributed by atoms with van der Waals surface area (Å²) >= 11 is 1.40. The van der Waals surface area contributed by atoms with Crippen molar-refractivity contribution in [3.8, 4) is 0 Å². The summed E-state index contributed by atoms with van der Waals surface area (Å²) in [5.74, 6) is -1.09. The number of hydrogen-bond donors (Lipinski definition) is 1. The second-order valence-corrected chi connectivity index (χ2v) is 5.14. The molecule has 18 heavy (non-hydrogen) atoms. The summed E-state index contributed by atoms with van der Waals surface area (Å²) in [5.41, 5.74) is 0.746. The average molecular weight is 268 g/mol. The van der Waals surface area contributed by atoms with E-state index in [0.717, 1.165) is 10.5 Å². The first kappa shape index (κ1) is 14.6. The van der Waals surface area contributed by atoms with Crippen LogP contribution in [-0.4, -0.2) is 28.9 Å². The summed E-state index contributed by atoms with van der Waals surface area (Å²) < 4.78 is 4.91. The van der Waals surface area contributed by atoms with Gasteiger partial charge >= 0.3 is 11.9 Å². The predicted molar refractivity (Wildman–Crippen MR) is 69.7 cm³/mol. The molecular weight excluding hydrogens is 252 g/mol. The molecule has 0 spiro atoms. The first-order chi connectivity index (χ1) is 8.52. The van der Waals surface area contributed by atoms with E-state index >= 15 is 0 Å². The number of carbonyl (C=O) groups excluding carboxylic acids is 1. The number of benzene rings is 1. The monoisotopic (exact) mass is 268 g/mol. The number of carboxylic acid groups (broad SMARTS) is 1. The highest BCUT2D eigenvalue weighted by Crippen LogP contribution is 2.24. The van der Waals surface area contributed by atoms with E-state index in [1.54, 1.807) is 26.0 Å². The molecule has 0 aromatic heterocycles.